The number of nitrogens with one attached hydrogen (secondary N) is 1. The van der Waals surface area contributed by atoms with Gasteiger partial charge in [-0.1, -0.05) is 71.3 Å². The second kappa shape index (κ2) is 7.53. The van der Waals surface area contributed by atoms with Crippen LogP contribution < -0.4 is 0 Å². The Bertz CT molecular complexity index is 1030. The summed E-state index contributed by atoms with van der Waals surface area (Å²) in [7, 11) is 0. The largest absolute Gasteiger partial charge is 0.507 e. The molecule has 0 aliphatic rings. The third kappa shape index (κ3) is 4.35. The minimum Gasteiger partial charge on any atom is -0.507 e. The number of para-hydroxylation sites is 1. The van der Waals surface area contributed by atoms with Crippen molar-refractivity contribution in [2.45, 2.75) is 65.3 Å². The number of aromatic nitrogens is 1. The van der Waals surface area contributed by atoms with Crippen LogP contribution in [0.3, 0.4) is 0 Å². The monoisotopic (exact) mass is 410 g/mol. The summed E-state index contributed by atoms with van der Waals surface area (Å²) in [4.78, 5) is 8.10. The molecule has 3 aromatic rings. The first kappa shape index (κ1) is 21.4. The van der Waals surface area contributed by atoms with E-state index in [1.807, 2.05) is 30.5 Å². The van der Waals surface area contributed by atoms with Gasteiger partial charge < -0.3 is 10.1 Å². The van der Waals surface area contributed by atoms with Crippen LogP contribution in [0.15, 0.2) is 41.4 Å². The van der Waals surface area contributed by atoms with E-state index in [2.05, 4.69) is 65.6 Å². The Morgan fingerprint density at radius 3 is 2.07 bits per heavy atom. The number of hydrogen-bond acceptors (Lipinski definition) is 2. The van der Waals surface area contributed by atoms with Gasteiger partial charge in [-0.15, -0.1) is 0 Å². The third-order valence-electron chi connectivity index (χ3n) is 5.33. The van der Waals surface area contributed by atoms with Crippen molar-refractivity contribution in [3.05, 3.63) is 63.8 Å². The van der Waals surface area contributed by atoms with Crippen LogP contribution in [0.1, 0.15) is 76.9 Å². The topological polar surface area (TPSA) is 48.4 Å². The van der Waals surface area contributed by atoms with Crippen LogP contribution in [0.25, 0.3) is 10.9 Å². The lowest BCUT2D eigenvalue weighted by atomic mass is 9.78. The predicted octanol–water partition coefficient (Wildman–Crippen LogP) is 7.30. The lowest BCUT2D eigenvalue weighted by Crippen LogP contribution is -2.18. The van der Waals surface area contributed by atoms with E-state index in [-0.39, 0.29) is 16.9 Å². The van der Waals surface area contributed by atoms with Crippen LogP contribution in [-0.4, -0.2) is 16.3 Å². The van der Waals surface area contributed by atoms with Gasteiger partial charge in [0, 0.05) is 17.1 Å². The minimum absolute atomic E-state index is 0.0692. The summed E-state index contributed by atoms with van der Waals surface area (Å²) in [6.07, 6.45) is 1.81. The molecule has 1 heterocycles. The van der Waals surface area contributed by atoms with Crippen LogP contribution in [0.5, 0.6) is 5.75 Å². The van der Waals surface area contributed by atoms with E-state index in [4.69, 9.17) is 16.6 Å². The van der Waals surface area contributed by atoms with Crippen molar-refractivity contribution in [2.24, 2.45) is 4.99 Å². The summed E-state index contributed by atoms with van der Waals surface area (Å²) in [5.41, 5.74) is 4.47. The smallest absolute Gasteiger partial charge is 0.123 e. The van der Waals surface area contributed by atoms with Crippen molar-refractivity contribution in [3.8, 4) is 5.75 Å². The Morgan fingerprint density at radius 2 is 1.55 bits per heavy atom. The SMILES string of the molecule is CC(N=Cc1[nH]c2ccccc2c1Cl)c1cc(C(C)(C)C)c(O)c(C(C)(C)C)c1. The molecule has 1 unspecified atom stereocenters. The van der Waals surface area contributed by atoms with Gasteiger partial charge in [0.1, 0.15) is 5.75 Å². The van der Waals surface area contributed by atoms with Gasteiger partial charge in [-0.05, 0) is 52.6 Å². The number of nitrogens with zero attached hydrogens (tertiary/aromatic N) is 1. The van der Waals surface area contributed by atoms with E-state index in [0.717, 1.165) is 33.3 Å². The number of phenols is 1. The van der Waals surface area contributed by atoms with Crippen LogP contribution >= 0.6 is 11.6 Å². The standard InChI is InChI=1S/C25H31ClN2O/c1-15(27-14-21-22(26)17-10-8-9-11-20(17)28-21)16-12-18(24(2,3)4)23(29)19(13-16)25(5,6)7/h8-15,28-29H,1-7H3. The summed E-state index contributed by atoms with van der Waals surface area (Å²) < 4.78 is 0. The molecular weight excluding hydrogens is 380 g/mol. The van der Waals surface area contributed by atoms with Gasteiger partial charge in [-0.3, -0.25) is 4.99 Å². The van der Waals surface area contributed by atoms with Crippen LogP contribution in [0, 0.1) is 0 Å². The number of rotatable bonds is 3. The van der Waals surface area contributed by atoms with Gasteiger partial charge >= 0.3 is 0 Å². The predicted molar refractivity (Wildman–Crippen MR) is 125 cm³/mol. The Balaban J connectivity index is 2.03. The lowest BCUT2D eigenvalue weighted by molar-refractivity contribution is 0.422. The highest BCUT2D eigenvalue weighted by Gasteiger charge is 2.27. The zero-order valence-electron chi connectivity index (χ0n) is 18.4. The number of aliphatic imine (C=N–C) groups is 1. The van der Waals surface area contributed by atoms with Gasteiger partial charge in [0.15, 0.2) is 0 Å². The molecule has 3 rings (SSSR count). The lowest BCUT2D eigenvalue weighted by Gasteiger charge is -2.28. The third-order valence-corrected chi connectivity index (χ3v) is 5.73. The first-order valence-corrected chi connectivity index (χ1v) is 10.4. The molecule has 29 heavy (non-hydrogen) atoms. The number of H-pyrrole nitrogens is 1. The molecular formula is C25H31ClN2O. The normalized spacial score (nSPS) is 14.1. The van der Waals surface area contributed by atoms with Crippen molar-refractivity contribution < 1.29 is 5.11 Å². The number of aromatic hydroxyl groups is 1. The second-order valence-electron chi connectivity index (χ2n) is 9.82. The number of phenolic OH excluding ortho intramolecular Hbond substituents is 1. The van der Waals surface area contributed by atoms with Crippen molar-refractivity contribution in [1.82, 2.24) is 4.98 Å². The number of halogens is 1. The summed E-state index contributed by atoms with van der Waals surface area (Å²) in [5.74, 6) is 0.392. The average Bonchev–Trinajstić information content (AvgIpc) is 2.94. The first-order chi connectivity index (χ1) is 13.4. The van der Waals surface area contributed by atoms with Gasteiger partial charge in [0.05, 0.1) is 16.8 Å². The van der Waals surface area contributed by atoms with Gasteiger partial charge in [-0.2, -0.15) is 0 Å². The summed E-state index contributed by atoms with van der Waals surface area (Å²) in [6, 6.07) is 12.1. The molecule has 1 aromatic heterocycles. The summed E-state index contributed by atoms with van der Waals surface area (Å²) in [5, 5.41) is 12.6. The number of benzene rings is 2. The molecule has 0 amide bonds. The first-order valence-electron chi connectivity index (χ1n) is 10.1. The van der Waals surface area contributed by atoms with Crippen LogP contribution in [-0.2, 0) is 10.8 Å². The summed E-state index contributed by atoms with van der Waals surface area (Å²) >= 11 is 6.52. The molecule has 0 saturated heterocycles. The minimum atomic E-state index is -0.163. The zero-order chi connectivity index (χ0) is 21.6. The van der Waals surface area contributed by atoms with E-state index >= 15 is 0 Å². The second-order valence-corrected chi connectivity index (χ2v) is 10.2. The molecule has 0 aliphatic carbocycles. The molecule has 154 valence electrons. The van der Waals surface area contributed by atoms with E-state index in [0.29, 0.717) is 10.8 Å². The van der Waals surface area contributed by atoms with Crippen molar-refractivity contribution in [1.29, 1.82) is 0 Å². The molecule has 2 aromatic carbocycles. The van der Waals surface area contributed by atoms with Crippen LogP contribution in [0.4, 0.5) is 0 Å². The van der Waals surface area contributed by atoms with Crippen molar-refractivity contribution >= 4 is 28.7 Å². The number of aromatic amines is 1. The highest BCUT2D eigenvalue weighted by Crippen LogP contribution is 2.41. The maximum Gasteiger partial charge on any atom is 0.123 e. The van der Waals surface area contributed by atoms with Gasteiger partial charge in [0.25, 0.3) is 0 Å². The Hall–Kier alpha value is -2.26. The maximum atomic E-state index is 10.9. The van der Waals surface area contributed by atoms with E-state index in [1.54, 1.807) is 0 Å². The molecule has 2 N–H and O–H groups in total. The van der Waals surface area contributed by atoms with E-state index in [1.165, 1.54) is 0 Å². The number of fused-ring (bicyclic) bond motifs is 1. The molecule has 0 bridgehead atoms. The molecule has 0 spiro atoms. The summed E-state index contributed by atoms with van der Waals surface area (Å²) in [6.45, 7) is 14.8. The fourth-order valence-electron chi connectivity index (χ4n) is 3.53. The molecule has 0 saturated carbocycles. The highest BCUT2D eigenvalue weighted by molar-refractivity contribution is 6.38. The van der Waals surface area contributed by atoms with Crippen LogP contribution in [0.2, 0.25) is 5.02 Å². The highest BCUT2D eigenvalue weighted by atomic mass is 35.5. The fraction of sp³-hybridized carbons (Fsp3) is 0.400. The zero-order valence-corrected chi connectivity index (χ0v) is 19.1. The molecule has 0 aliphatic heterocycles. The quantitative estimate of drug-likeness (QED) is 0.437. The van der Waals surface area contributed by atoms with Gasteiger partial charge in [-0.25, -0.2) is 0 Å². The van der Waals surface area contributed by atoms with Gasteiger partial charge in [0.2, 0.25) is 0 Å². The van der Waals surface area contributed by atoms with Crippen molar-refractivity contribution in [2.75, 3.05) is 0 Å². The Labute approximate surface area is 178 Å². The fourth-order valence-corrected chi connectivity index (χ4v) is 3.79. The molecule has 4 heteroatoms. The number of hydrogen-bond donors (Lipinski definition) is 2. The molecule has 3 nitrogen and oxygen atoms in total. The Kier molecular flexibility index (Phi) is 5.57. The Morgan fingerprint density at radius 1 is 1.00 bits per heavy atom. The maximum absolute atomic E-state index is 10.9. The molecule has 0 radical (unpaired) electrons. The molecule has 0 fully saturated rings. The van der Waals surface area contributed by atoms with E-state index in [9.17, 15) is 5.11 Å². The average molecular weight is 411 g/mol. The van der Waals surface area contributed by atoms with E-state index < -0.39 is 0 Å². The molecule has 1 atom stereocenters. The van der Waals surface area contributed by atoms with Crippen molar-refractivity contribution in [3.63, 3.8) is 0 Å².